The van der Waals surface area contributed by atoms with Gasteiger partial charge in [-0.2, -0.15) is 0 Å². The molecule has 30 heavy (non-hydrogen) atoms. The lowest BCUT2D eigenvalue weighted by molar-refractivity contribution is 0.0860. The van der Waals surface area contributed by atoms with Crippen LogP contribution in [-0.2, 0) is 24.4 Å². The SMILES string of the molecule is CCOC(=O)N1CCC(NC(=O)c2ccc(S(=O)(=O)[C@@H]3CCS(=O)(=O)C3)cc2)CC1. The fourth-order valence-electron chi connectivity index (χ4n) is 3.68. The Morgan fingerprint density at radius 3 is 2.30 bits per heavy atom. The highest BCUT2D eigenvalue weighted by Gasteiger charge is 2.38. The van der Waals surface area contributed by atoms with Crippen LogP contribution < -0.4 is 5.32 Å². The minimum atomic E-state index is -3.76. The van der Waals surface area contributed by atoms with Gasteiger partial charge in [-0.05, 0) is 50.5 Å². The van der Waals surface area contributed by atoms with Gasteiger partial charge in [-0.15, -0.1) is 0 Å². The molecule has 1 aromatic carbocycles. The third-order valence-corrected chi connectivity index (χ3v) is 9.62. The van der Waals surface area contributed by atoms with Crippen LogP contribution in [0.25, 0.3) is 0 Å². The van der Waals surface area contributed by atoms with Gasteiger partial charge in [-0.25, -0.2) is 21.6 Å². The molecule has 2 aliphatic heterocycles. The predicted molar refractivity (Wildman–Crippen MR) is 110 cm³/mol. The van der Waals surface area contributed by atoms with Gasteiger partial charge in [0.2, 0.25) is 0 Å². The third-order valence-electron chi connectivity index (χ3n) is 5.43. The van der Waals surface area contributed by atoms with Gasteiger partial charge in [0.15, 0.2) is 19.7 Å². The summed E-state index contributed by atoms with van der Waals surface area (Å²) in [6.07, 6.45) is 0.951. The number of nitrogens with zero attached hydrogens (tertiary/aromatic N) is 1. The normalized spacial score (nSPS) is 21.9. The van der Waals surface area contributed by atoms with E-state index in [1.807, 2.05) is 0 Å². The van der Waals surface area contributed by atoms with Crippen molar-refractivity contribution in [1.29, 1.82) is 0 Å². The molecule has 2 heterocycles. The molecule has 9 nitrogen and oxygen atoms in total. The molecule has 0 bridgehead atoms. The zero-order valence-electron chi connectivity index (χ0n) is 16.7. The first kappa shape index (κ1) is 22.5. The number of piperidine rings is 1. The minimum absolute atomic E-state index is 0.0175. The Bertz CT molecular complexity index is 996. The standard InChI is InChI=1S/C19H26N2O7S2/c1-2-28-19(23)21-10-7-15(8-11-21)20-18(22)14-3-5-16(6-4-14)30(26,27)17-9-12-29(24,25)13-17/h3-6,15,17H,2,7-13H2,1H3,(H,20,22)/t17-/m1/s1. The molecule has 1 aromatic rings. The van der Waals surface area contributed by atoms with Crippen LogP contribution >= 0.6 is 0 Å². The second kappa shape index (κ2) is 8.93. The van der Waals surface area contributed by atoms with E-state index in [-0.39, 0.29) is 40.9 Å². The molecule has 0 radical (unpaired) electrons. The predicted octanol–water partition coefficient (Wildman–Crippen LogP) is 0.998. The van der Waals surface area contributed by atoms with Gasteiger partial charge in [-0.1, -0.05) is 0 Å². The van der Waals surface area contributed by atoms with E-state index in [9.17, 15) is 26.4 Å². The monoisotopic (exact) mass is 458 g/mol. The Hall–Kier alpha value is -2.14. The Labute approximate surface area is 176 Å². The highest BCUT2D eigenvalue weighted by Crippen LogP contribution is 2.25. The molecule has 1 N–H and O–H groups in total. The van der Waals surface area contributed by atoms with E-state index in [2.05, 4.69) is 5.32 Å². The van der Waals surface area contributed by atoms with Crippen LogP contribution in [-0.4, -0.2) is 76.2 Å². The summed E-state index contributed by atoms with van der Waals surface area (Å²) < 4.78 is 53.5. The molecule has 2 amide bonds. The van der Waals surface area contributed by atoms with Gasteiger partial charge in [0.25, 0.3) is 5.91 Å². The topological polar surface area (TPSA) is 127 Å². The van der Waals surface area contributed by atoms with Crippen LogP contribution in [0.2, 0.25) is 0 Å². The molecule has 0 aromatic heterocycles. The Kier molecular flexibility index (Phi) is 6.71. The number of carbonyl (C=O) groups excluding carboxylic acids is 2. The summed E-state index contributed by atoms with van der Waals surface area (Å²) in [5, 5.41) is 1.97. The van der Waals surface area contributed by atoms with Crippen LogP contribution in [0.3, 0.4) is 0 Å². The number of amides is 2. The van der Waals surface area contributed by atoms with Crippen molar-refractivity contribution in [3.8, 4) is 0 Å². The Balaban J connectivity index is 1.58. The molecule has 0 aliphatic carbocycles. The number of sulfone groups is 2. The average molecular weight is 459 g/mol. The molecule has 2 fully saturated rings. The third kappa shape index (κ3) is 5.12. The van der Waals surface area contributed by atoms with E-state index >= 15 is 0 Å². The smallest absolute Gasteiger partial charge is 0.409 e. The van der Waals surface area contributed by atoms with Gasteiger partial charge >= 0.3 is 6.09 Å². The van der Waals surface area contributed by atoms with E-state index < -0.39 is 24.9 Å². The van der Waals surface area contributed by atoms with Crippen molar-refractivity contribution >= 4 is 31.7 Å². The lowest BCUT2D eigenvalue weighted by Gasteiger charge is -2.31. The average Bonchev–Trinajstić information content (AvgIpc) is 3.09. The summed E-state index contributed by atoms with van der Waals surface area (Å²) in [6.45, 7) is 3.05. The first-order valence-electron chi connectivity index (χ1n) is 9.89. The lowest BCUT2D eigenvalue weighted by Crippen LogP contribution is -2.46. The fourth-order valence-corrected chi connectivity index (χ4v) is 8.04. The molecule has 0 saturated carbocycles. The molecule has 1 atom stereocenters. The van der Waals surface area contributed by atoms with E-state index in [4.69, 9.17) is 4.74 Å². The maximum Gasteiger partial charge on any atom is 0.409 e. The number of nitrogens with one attached hydrogen (secondary N) is 1. The van der Waals surface area contributed by atoms with Crippen molar-refractivity contribution in [2.24, 2.45) is 0 Å². The second-order valence-electron chi connectivity index (χ2n) is 7.53. The van der Waals surface area contributed by atoms with E-state index in [1.165, 1.54) is 24.3 Å². The summed E-state index contributed by atoms with van der Waals surface area (Å²) in [5.74, 6) is -0.800. The van der Waals surface area contributed by atoms with Crippen molar-refractivity contribution < 1.29 is 31.2 Å². The first-order valence-corrected chi connectivity index (χ1v) is 13.3. The molecule has 0 spiro atoms. The van der Waals surface area contributed by atoms with Crippen molar-refractivity contribution in [2.75, 3.05) is 31.2 Å². The maximum atomic E-state index is 12.6. The lowest BCUT2D eigenvalue weighted by atomic mass is 10.0. The molecule has 166 valence electrons. The van der Waals surface area contributed by atoms with Crippen molar-refractivity contribution in [2.45, 2.75) is 42.4 Å². The van der Waals surface area contributed by atoms with E-state index in [1.54, 1.807) is 11.8 Å². The summed E-state index contributed by atoms with van der Waals surface area (Å²) in [4.78, 5) is 25.8. The van der Waals surface area contributed by atoms with Crippen LogP contribution in [0.5, 0.6) is 0 Å². The van der Waals surface area contributed by atoms with Gasteiger partial charge in [0.1, 0.15) is 0 Å². The number of ether oxygens (including phenoxy) is 1. The van der Waals surface area contributed by atoms with E-state index in [0.29, 0.717) is 38.1 Å². The van der Waals surface area contributed by atoms with Gasteiger partial charge < -0.3 is 15.0 Å². The number of hydrogen-bond donors (Lipinski definition) is 1. The van der Waals surface area contributed by atoms with Crippen LogP contribution in [0, 0.1) is 0 Å². The Morgan fingerprint density at radius 1 is 1.13 bits per heavy atom. The van der Waals surface area contributed by atoms with Crippen LogP contribution in [0.1, 0.15) is 36.5 Å². The zero-order valence-corrected chi connectivity index (χ0v) is 18.4. The summed E-state index contributed by atoms with van der Waals surface area (Å²) in [7, 11) is -7.07. The zero-order chi connectivity index (χ0) is 21.9. The fraction of sp³-hybridized carbons (Fsp3) is 0.579. The highest BCUT2D eigenvalue weighted by atomic mass is 32.2. The first-order chi connectivity index (χ1) is 14.1. The molecule has 0 unspecified atom stereocenters. The van der Waals surface area contributed by atoms with Crippen LogP contribution in [0.4, 0.5) is 4.79 Å². The Morgan fingerprint density at radius 2 is 1.77 bits per heavy atom. The number of carbonyl (C=O) groups is 2. The molecular formula is C19H26N2O7S2. The van der Waals surface area contributed by atoms with Gasteiger partial charge in [-0.3, -0.25) is 4.79 Å². The summed E-state index contributed by atoms with van der Waals surface area (Å²) >= 11 is 0. The quantitative estimate of drug-likeness (QED) is 0.697. The highest BCUT2D eigenvalue weighted by molar-refractivity contribution is 7.96. The number of benzene rings is 1. The molecule has 11 heteroatoms. The van der Waals surface area contributed by atoms with Crippen molar-refractivity contribution in [3.05, 3.63) is 29.8 Å². The minimum Gasteiger partial charge on any atom is -0.450 e. The molecule has 2 saturated heterocycles. The van der Waals surface area contributed by atoms with E-state index in [0.717, 1.165) is 0 Å². The molecular weight excluding hydrogens is 432 g/mol. The molecule has 3 rings (SSSR count). The van der Waals surface area contributed by atoms with Crippen molar-refractivity contribution in [3.63, 3.8) is 0 Å². The van der Waals surface area contributed by atoms with Crippen LogP contribution in [0.15, 0.2) is 29.2 Å². The largest absolute Gasteiger partial charge is 0.450 e. The molecule has 2 aliphatic rings. The summed E-state index contributed by atoms with van der Waals surface area (Å²) in [6, 6.07) is 5.46. The maximum absolute atomic E-state index is 12.6. The van der Waals surface area contributed by atoms with Gasteiger partial charge in [0.05, 0.1) is 28.3 Å². The summed E-state index contributed by atoms with van der Waals surface area (Å²) in [5.41, 5.74) is 0.320. The van der Waals surface area contributed by atoms with Crippen molar-refractivity contribution in [1.82, 2.24) is 10.2 Å². The van der Waals surface area contributed by atoms with Gasteiger partial charge in [0, 0.05) is 24.7 Å². The number of likely N-dealkylation sites (tertiary alicyclic amines) is 1. The number of rotatable bonds is 5. The second-order valence-corrected chi connectivity index (χ2v) is 12.0. The number of hydrogen-bond acceptors (Lipinski definition) is 7.